The molecule has 1 amide bonds. The molecule has 0 bridgehead atoms. The van der Waals surface area contributed by atoms with Gasteiger partial charge in [-0.1, -0.05) is 29.8 Å². The predicted molar refractivity (Wildman–Crippen MR) is 105 cm³/mol. The maximum Gasteiger partial charge on any atom is 0.272 e. The minimum absolute atomic E-state index is 0.0232. The molecule has 2 aromatic heterocycles. The first-order valence-electron chi connectivity index (χ1n) is 9.11. The number of nitrogens with one attached hydrogen (secondary N) is 2. The Hall–Kier alpha value is -2.82. The number of amides is 1. The van der Waals surface area contributed by atoms with Crippen molar-refractivity contribution in [1.29, 1.82) is 0 Å². The Morgan fingerprint density at radius 1 is 1.23 bits per heavy atom. The Bertz CT molecular complexity index is 985. The lowest BCUT2D eigenvalue weighted by Crippen LogP contribution is -2.42. The normalized spacial score (nSPS) is 13.7. The number of anilines is 1. The molecule has 0 saturated carbocycles. The minimum atomic E-state index is 0.0232. The van der Waals surface area contributed by atoms with Crippen LogP contribution in [0.1, 0.15) is 39.3 Å². The molecule has 0 atom stereocenters. The van der Waals surface area contributed by atoms with E-state index < -0.39 is 0 Å². The van der Waals surface area contributed by atoms with Gasteiger partial charge in [0.05, 0.1) is 5.52 Å². The van der Waals surface area contributed by atoms with Gasteiger partial charge in [-0.15, -0.1) is 0 Å². The highest BCUT2D eigenvalue weighted by Gasteiger charge is 2.24. The van der Waals surface area contributed by atoms with Gasteiger partial charge < -0.3 is 15.2 Å². The largest absolute Gasteiger partial charge is 0.364 e. The summed E-state index contributed by atoms with van der Waals surface area (Å²) in [5, 5.41) is 4.49. The van der Waals surface area contributed by atoms with Crippen molar-refractivity contribution in [3.63, 3.8) is 0 Å². The standard InChI is InChI=1S/C21H24N4O/c1-13-6-4-7-16(10-13)12-22-20-19-17(14(2)15(3)23-19)11-18(24-20)21(26)25-8-5-9-25/h4,6-7,10-11,23H,5,8-9,12H2,1-3H3,(H,22,24). The van der Waals surface area contributed by atoms with Gasteiger partial charge in [0.15, 0.2) is 5.82 Å². The van der Waals surface area contributed by atoms with Crippen molar-refractivity contribution in [1.82, 2.24) is 14.9 Å². The van der Waals surface area contributed by atoms with Crippen LogP contribution in [-0.4, -0.2) is 33.9 Å². The number of hydrogen-bond acceptors (Lipinski definition) is 3. The maximum atomic E-state index is 12.7. The summed E-state index contributed by atoms with van der Waals surface area (Å²) < 4.78 is 0. The molecule has 26 heavy (non-hydrogen) atoms. The third-order valence-corrected chi connectivity index (χ3v) is 5.20. The summed E-state index contributed by atoms with van der Waals surface area (Å²) in [6.07, 6.45) is 1.08. The summed E-state index contributed by atoms with van der Waals surface area (Å²) in [5.74, 6) is 0.763. The Balaban J connectivity index is 1.71. The summed E-state index contributed by atoms with van der Waals surface area (Å²) in [5.41, 5.74) is 6.18. The molecule has 5 nitrogen and oxygen atoms in total. The number of aromatic amines is 1. The van der Waals surface area contributed by atoms with Gasteiger partial charge in [0.2, 0.25) is 0 Å². The fraction of sp³-hybridized carbons (Fsp3) is 0.333. The molecule has 0 aliphatic carbocycles. The summed E-state index contributed by atoms with van der Waals surface area (Å²) in [6.45, 7) is 8.55. The fourth-order valence-corrected chi connectivity index (χ4v) is 3.38. The highest BCUT2D eigenvalue weighted by molar-refractivity contribution is 6.00. The van der Waals surface area contributed by atoms with Gasteiger partial charge >= 0.3 is 0 Å². The molecule has 0 spiro atoms. The van der Waals surface area contributed by atoms with E-state index in [0.717, 1.165) is 41.9 Å². The lowest BCUT2D eigenvalue weighted by molar-refractivity contribution is 0.0646. The number of carbonyl (C=O) groups excluding carboxylic acids is 1. The number of aromatic nitrogens is 2. The Morgan fingerprint density at radius 3 is 2.73 bits per heavy atom. The number of hydrogen-bond donors (Lipinski definition) is 2. The number of rotatable bonds is 4. The van der Waals surface area contributed by atoms with Crippen LogP contribution in [-0.2, 0) is 6.54 Å². The number of nitrogens with zero attached hydrogens (tertiary/aromatic N) is 2. The van der Waals surface area contributed by atoms with Crippen molar-refractivity contribution in [3.8, 4) is 0 Å². The molecular weight excluding hydrogens is 324 g/mol. The lowest BCUT2D eigenvalue weighted by atomic mass is 10.1. The van der Waals surface area contributed by atoms with Crippen LogP contribution in [0.5, 0.6) is 0 Å². The Kier molecular flexibility index (Phi) is 4.15. The van der Waals surface area contributed by atoms with Crippen LogP contribution >= 0.6 is 0 Å². The zero-order chi connectivity index (χ0) is 18.3. The van der Waals surface area contributed by atoms with Crippen LogP contribution < -0.4 is 5.32 Å². The third-order valence-electron chi connectivity index (χ3n) is 5.20. The van der Waals surface area contributed by atoms with Crippen molar-refractivity contribution >= 4 is 22.6 Å². The number of aryl methyl sites for hydroxylation is 3. The summed E-state index contributed by atoms with van der Waals surface area (Å²) in [6, 6.07) is 10.3. The second-order valence-corrected chi connectivity index (χ2v) is 7.14. The van der Waals surface area contributed by atoms with Crippen molar-refractivity contribution in [2.75, 3.05) is 18.4 Å². The summed E-state index contributed by atoms with van der Waals surface area (Å²) >= 11 is 0. The second kappa shape index (κ2) is 6.48. The van der Waals surface area contributed by atoms with Gasteiger partial charge in [0.1, 0.15) is 5.69 Å². The number of benzene rings is 1. The highest BCUT2D eigenvalue weighted by atomic mass is 16.2. The van der Waals surface area contributed by atoms with E-state index in [1.54, 1.807) is 0 Å². The Morgan fingerprint density at radius 2 is 2.04 bits per heavy atom. The molecule has 1 aromatic carbocycles. The summed E-state index contributed by atoms with van der Waals surface area (Å²) in [7, 11) is 0. The number of carbonyl (C=O) groups is 1. The third kappa shape index (κ3) is 2.94. The molecule has 2 N–H and O–H groups in total. The predicted octanol–water partition coefficient (Wildman–Crippen LogP) is 3.95. The molecule has 0 unspecified atom stereocenters. The van der Waals surface area contributed by atoms with E-state index >= 15 is 0 Å². The molecule has 5 heteroatoms. The topological polar surface area (TPSA) is 61.0 Å². The minimum Gasteiger partial charge on any atom is -0.364 e. The monoisotopic (exact) mass is 348 g/mol. The average molecular weight is 348 g/mol. The van der Waals surface area contributed by atoms with Crippen molar-refractivity contribution in [3.05, 3.63) is 58.4 Å². The molecular formula is C21H24N4O. The van der Waals surface area contributed by atoms with E-state index in [4.69, 9.17) is 0 Å². The van der Waals surface area contributed by atoms with Crippen LogP contribution in [0, 0.1) is 20.8 Å². The molecule has 1 aliphatic heterocycles. The van der Waals surface area contributed by atoms with E-state index in [1.807, 2.05) is 11.0 Å². The maximum absolute atomic E-state index is 12.7. The van der Waals surface area contributed by atoms with Crippen molar-refractivity contribution in [2.45, 2.75) is 33.7 Å². The number of pyridine rings is 1. The van der Waals surface area contributed by atoms with Gasteiger partial charge in [-0.05, 0) is 44.4 Å². The second-order valence-electron chi connectivity index (χ2n) is 7.14. The molecule has 3 aromatic rings. The van der Waals surface area contributed by atoms with Crippen LogP contribution in [0.3, 0.4) is 0 Å². The molecule has 1 saturated heterocycles. The number of H-pyrrole nitrogens is 1. The molecule has 3 heterocycles. The van der Waals surface area contributed by atoms with Gasteiger partial charge in [-0.25, -0.2) is 4.98 Å². The van der Waals surface area contributed by atoms with Crippen LogP contribution in [0.25, 0.3) is 10.9 Å². The SMILES string of the molecule is Cc1cccc(CNc2nc(C(=O)N3CCC3)cc3c(C)c(C)[nH]c23)c1. The van der Waals surface area contributed by atoms with Crippen LogP contribution in [0.2, 0.25) is 0 Å². The average Bonchev–Trinajstić information content (AvgIpc) is 2.86. The summed E-state index contributed by atoms with van der Waals surface area (Å²) in [4.78, 5) is 22.6. The van der Waals surface area contributed by atoms with E-state index in [2.05, 4.69) is 60.3 Å². The van der Waals surface area contributed by atoms with Crippen LogP contribution in [0.4, 0.5) is 5.82 Å². The van der Waals surface area contributed by atoms with Crippen molar-refractivity contribution in [2.24, 2.45) is 0 Å². The van der Waals surface area contributed by atoms with E-state index in [0.29, 0.717) is 12.2 Å². The lowest BCUT2D eigenvalue weighted by Gasteiger charge is -2.30. The molecule has 1 fully saturated rings. The Labute approximate surface area is 153 Å². The van der Waals surface area contributed by atoms with Gasteiger partial charge in [0, 0.05) is 30.7 Å². The van der Waals surface area contributed by atoms with Gasteiger partial charge in [-0.3, -0.25) is 4.79 Å². The van der Waals surface area contributed by atoms with Gasteiger partial charge in [-0.2, -0.15) is 0 Å². The van der Waals surface area contributed by atoms with E-state index in [9.17, 15) is 4.79 Å². The first-order valence-corrected chi connectivity index (χ1v) is 9.11. The zero-order valence-corrected chi connectivity index (χ0v) is 15.5. The molecule has 134 valence electrons. The van der Waals surface area contributed by atoms with Gasteiger partial charge in [0.25, 0.3) is 5.91 Å². The molecule has 0 radical (unpaired) electrons. The molecule has 4 rings (SSSR count). The van der Waals surface area contributed by atoms with Crippen LogP contribution in [0.15, 0.2) is 30.3 Å². The number of fused-ring (bicyclic) bond motifs is 1. The van der Waals surface area contributed by atoms with Crippen molar-refractivity contribution < 1.29 is 4.79 Å². The van der Waals surface area contributed by atoms with E-state index in [-0.39, 0.29) is 5.91 Å². The highest BCUT2D eigenvalue weighted by Crippen LogP contribution is 2.28. The fourth-order valence-electron chi connectivity index (χ4n) is 3.38. The quantitative estimate of drug-likeness (QED) is 0.750. The first kappa shape index (κ1) is 16.6. The number of likely N-dealkylation sites (tertiary alicyclic amines) is 1. The zero-order valence-electron chi connectivity index (χ0n) is 15.5. The smallest absolute Gasteiger partial charge is 0.272 e. The van der Waals surface area contributed by atoms with E-state index in [1.165, 1.54) is 16.7 Å². The first-order chi connectivity index (χ1) is 12.5. The molecule has 1 aliphatic rings.